The second kappa shape index (κ2) is 7.29. The first kappa shape index (κ1) is 14.0. The van der Waals surface area contributed by atoms with Gasteiger partial charge in [-0.1, -0.05) is 0 Å². The van der Waals surface area contributed by atoms with E-state index in [-0.39, 0.29) is 6.42 Å². The molecule has 16 heavy (non-hydrogen) atoms. The standard InChI is InChI=1S/C7H15N5O4/c8-4(2-1-3-11-6(9)14)5(13)16-12-7(10)15/h4H,1-3,8H2,(H3,9,11,14)(H3,10,12,15)/t4-/m0/s1/i7+2. The molecule has 0 aromatic rings. The van der Waals surface area contributed by atoms with Crippen LogP contribution in [0.15, 0.2) is 0 Å². The van der Waals surface area contributed by atoms with Crippen LogP contribution in [0.4, 0.5) is 9.59 Å². The Labute approximate surface area is 91.6 Å². The molecule has 0 aromatic heterocycles. The second-order valence-corrected chi connectivity index (χ2v) is 2.93. The number of carbonyl (C=O) groups excluding carboxylic acids is 3. The van der Waals surface area contributed by atoms with Gasteiger partial charge in [0.2, 0.25) is 0 Å². The van der Waals surface area contributed by atoms with E-state index in [1.165, 1.54) is 0 Å². The van der Waals surface area contributed by atoms with Gasteiger partial charge in [0, 0.05) is 6.54 Å². The second-order valence-electron chi connectivity index (χ2n) is 2.93. The van der Waals surface area contributed by atoms with Gasteiger partial charge in [0.1, 0.15) is 6.04 Å². The van der Waals surface area contributed by atoms with Crippen molar-refractivity contribution in [2.45, 2.75) is 18.9 Å². The summed E-state index contributed by atoms with van der Waals surface area (Å²) in [6.07, 6.45) is 0.731. The van der Waals surface area contributed by atoms with E-state index in [1.807, 2.05) is 0 Å². The Morgan fingerprint density at radius 3 is 2.56 bits per heavy atom. The summed E-state index contributed by atoms with van der Waals surface area (Å²) in [6.45, 7) is 0.305. The fourth-order valence-corrected chi connectivity index (χ4v) is 0.828. The molecular weight excluding hydrogens is 220 g/mol. The Hall–Kier alpha value is -2.03. The molecule has 0 bridgehead atoms. The molecule has 0 aromatic carbocycles. The number of nitrogens with one attached hydrogen (secondary N) is 2. The minimum absolute atomic E-state index is 0.277. The van der Waals surface area contributed by atoms with Crippen molar-refractivity contribution in [3.63, 3.8) is 0 Å². The zero-order valence-corrected chi connectivity index (χ0v) is 8.56. The van der Waals surface area contributed by atoms with E-state index in [0.29, 0.717) is 13.0 Å². The lowest BCUT2D eigenvalue weighted by Gasteiger charge is -2.10. The lowest BCUT2D eigenvalue weighted by atomic mass is 10.2. The van der Waals surface area contributed by atoms with E-state index in [9.17, 15) is 14.4 Å². The number of hydrogen-bond acceptors (Lipinski definition) is 5. The number of hydroxylamine groups is 1. The predicted molar refractivity (Wildman–Crippen MR) is 53.6 cm³/mol. The average Bonchev–Trinajstić information content (AvgIpc) is 2.20. The highest BCUT2D eigenvalue weighted by molar-refractivity contribution is 5.78. The van der Waals surface area contributed by atoms with Crippen LogP contribution in [-0.4, -0.2) is 30.6 Å². The molecule has 0 aliphatic carbocycles. The molecule has 0 heterocycles. The smallest absolute Gasteiger partial charge is 0.348 e. The molecule has 92 valence electrons. The quantitative estimate of drug-likeness (QED) is 0.271. The number of nitrogens with two attached hydrogens (primary N) is 3. The third-order valence-corrected chi connectivity index (χ3v) is 1.55. The van der Waals surface area contributed by atoms with E-state index in [1.54, 1.807) is 5.48 Å². The third kappa shape index (κ3) is 7.38. The summed E-state index contributed by atoms with van der Waals surface area (Å²) in [7, 11) is 0. The van der Waals surface area contributed by atoms with Crippen LogP contribution in [0.2, 0.25) is 0 Å². The zero-order chi connectivity index (χ0) is 12.6. The predicted octanol–water partition coefficient (Wildman–Crippen LogP) is -2.11. The topological polar surface area (TPSA) is 163 Å². The Morgan fingerprint density at radius 2 is 2.06 bits per heavy atom. The minimum Gasteiger partial charge on any atom is -0.352 e. The van der Waals surface area contributed by atoms with Crippen LogP contribution >= 0.6 is 0 Å². The van der Waals surface area contributed by atoms with Gasteiger partial charge in [0.05, 0.1) is 0 Å². The summed E-state index contributed by atoms with van der Waals surface area (Å²) in [5, 5.41) is 2.33. The fourth-order valence-electron chi connectivity index (χ4n) is 0.828. The first-order valence-corrected chi connectivity index (χ1v) is 4.48. The number of amides is 4. The van der Waals surface area contributed by atoms with Crippen molar-refractivity contribution >= 4 is 18.0 Å². The van der Waals surface area contributed by atoms with Gasteiger partial charge < -0.3 is 27.4 Å². The fraction of sp³-hybridized carbons (Fsp3) is 0.571. The molecule has 9 heteroatoms. The van der Waals surface area contributed by atoms with Gasteiger partial charge in [-0.15, -0.1) is 0 Å². The van der Waals surface area contributed by atoms with Gasteiger partial charge in [-0.2, -0.15) is 5.48 Å². The number of hydrogen-bond donors (Lipinski definition) is 5. The average molecular weight is 235 g/mol. The van der Waals surface area contributed by atoms with Gasteiger partial charge in [-0.25, -0.2) is 14.4 Å². The molecule has 0 aliphatic heterocycles. The van der Waals surface area contributed by atoms with Gasteiger partial charge in [0.25, 0.3) is 0 Å². The third-order valence-electron chi connectivity index (χ3n) is 1.55. The summed E-state index contributed by atoms with van der Waals surface area (Å²) < 4.78 is 0. The van der Waals surface area contributed by atoms with Gasteiger partial charge in [-0.05, 0) is 12.8 Å². The normalized spacial score (nSPS) is 11.3. The number of rotatable bonds is 5. The van der Waals surface area contributed by atoms with Crippen molar-refractivity contribution < 1.29 is 19.2 Å². The maximum absolute atomic E-state index is 11.0. The Morgan fingerprint density at radius 1 is 1.44 bits per heavy atom. The van der Waals surface area contributed by atoms with Crippen LogP contribution < -0.4 is 28.0 Å². The molecule has 9 nitrogen and oxygen atoms in total. The van der Waals surface area contributed by atoms with Crippen molar-refractivity contribution in [1.82, 2.24) is 10.8 Å². The largest absolute Gasteiger partial charge is 0.352 e. The number of carbonyl (C=O) groups is 3. The summed E-state index contributed by atoms with van der Waals surface area (Å²) in [5.41, 5.74) is 16.5. The molecule has 1 atom stereocenters. The van der Waals surface area contributed by atoms with Crippen LogP contribution in [0.5, 0.6) is 0 Å². The summed E-state index contributed by atoms with van der Waals surface area (Å²) in [5.74, 6) is -0.808. The van der Waals surface area contributed by atoms with Gasteiger partial charge in [-0.3, -0.25) is 0 Å². The highest BCUT2D eigenvalue weighted by Crippen LogP contribution is 1.95. The van der Waals surface area contributed by atoms with Crippen molar-refractivity contribution in [3.8, 4) is 0 Å². The number of urea groups is 2. The first-order valence-electron chi connectivity index (χ1n) is 4.48. The molecule has 4 amide bonds. The number of primary amides is 2. The molecule has 0 rings (SSSR count). The van der Waals surface area contributed by atoms with E-state index in [2.05, 4.69) is 15.9 Å². The zero-order valence-electron chi connectivity index (χ0n) is 8.56. The van der Waals surface area contributed by atoms with E-state index in [4.69, 9.17) is 11.5 Å². The van der Waals surface area contributed by atoms with E-state index < -0.39 is 24.1 Å². The Balaban J connectivity index is 3.62. The van der Waals surface area contributed by atoms with Crippen LogP contribution in [0.3, 0.4) is 0 Å². The van der Waals surface area contributed by atoms with Crippen molar-refractivity contribution in [2.75, 3.05) is 6.54 Å². The molecule has 0 aliphatic rings. The van der Waals surface area contributed by atoms with Gasteiger partial charge >= 0.3 is 18.0 Å². The molecule has 0 saturated heterocycles. The molecule has 0 radical (unpaired) electrons. The molecule has 0 spiro atoms. The SMILES string of the molecule is NC(=O)NCCC[C@H](N)C(=O)ON[14C](N)=O. The monoisotopic (exact) mass is 235 g/mol. The Bertz CT molecular complexity index is 270. The lowest BCUT2D eigenvalue weighted by molar-refractivity contribution is -0.150. The lowest BCUT2D eigenvalue weighted by Crippen LogP contribution is -2.40. The summed E-state index contributed by atoms with van der Waals surface area (Å²) >= 11 is 0. The van der Waals surface area contributed by atoms with Crippen molar-refractivity contribution in [1.29, 1.82) is 0 Å². The molecule has 8 N–H and O–H groups in total. The summed E-state index contributed by atoms with van der Waals surface area (Å²) in [4.78, 5) is 35.8. The van der Waals surface area contributed by atoms with Gasteiger partial charge in [0.15, 0.2) is 0 Å². The van der Waals surface area contributed by atoms with Crippen LogP contribution in [0.1, 0.15) is 12.8 Å². The highest BCUT2D eigenvalue weighted by atomic mass is 16.7. The highest BCUT2D eigenvalue weighted by Gasteiger charge is 2.15. The maximum atomic E-state index is 11.0. The van der Waals surface area contributed by atoms with E-state index in [0.717, 1.165) is 0 Å². The Kier molecular flexibility index (Phi) is 6.36. The molecule has 0 saturated carbocycles. The van der Waals surface area contributed by atoms with Crippen LogP contribution in [0.25, 0.3) is 0 Å². The molecule has 0 unspecified atom stereocenters. The maximum Gasteiger partial charge on any atom is 0.348 e. The molecule has 0 fully saturated rings. The van der Waals surface area contributed by atoms with Crippen LogP contribution in [0, 0.1) is 0 Å². The van der Waals surface area contributed by atoms with Crippen molar-refractivity contribution in [2.24, 2.45) is 17.2 Å². The molecular formula is C7H15N5O4. The van der Waals surface area contributed by atoms with E-state index >= 15 is 0 Å². The van der Waals surface area contributed by atoms with Crippen molar-refractivity contribution in [3.05, 3.63) is 0 Å². The summed E-state index contributed by atoms with van der Waals surface area (Å²) in [6, 6.07) is -2.54. The van der Waals surface area contributed by atoms with Crippen LogP contribution in [-0.2, 0) is 9.63 Å². The minimum atomic E-state index is -0.990. The first-order chi connectivity index (χ1) is 7.43.